The van der Waals surface area contributed by atoms with E-state index in [1.54, 1.807) is 23.3 Å². The van der Waals surface area contributed by atoms with Crippen LogP contribution in [0.15, 0.2) is 35.4 Å². The Bertz CT molecular complexity index is 816. The largest absolute Gasteiger partial charge is 0.337 e. The summed E-state index contributed by atoms with van der Waals surface area (Å²) >= 11 is 1.44. The number of H-pyrrole nitrogens is 1. The lowest BCUT2D eigenvalue weighted by Gasteiger charge is -2.14. The number of hydrogen-bond donors (Lipinski definition) is 1. The molecule has 1 atom stereocenters. The van der Waals surface area contributed by atoms with Crippen LogP contribution in [0.3, 0.4) is 0 Å². The minimum Gasteiger partial charge on any atom is -0.337 e. The molecule has 7 nitrogen and oxygen atoms in total. The van der Waals surface area contributed by atoms with Crippen LogP contribution in [0.4, 0.5) is 0 Å². The minimum absolute atomic E-state index is 0.0207. The summed E-state index contributed by atoms with van der Waals surface area (Å²) < 4.78 is 0. The van der Waals surface area contributed by atoms with E-state index in [0.29, 0.717) is 17.4 Å². The van der Waals surface area contributed by atoms with Gasteiger partial charge in [0.05, 0.1) is 5.51 Å². The molecule has 4 heterocycles. The van der Waals surface area contributed by atoms with Crippen LogP contribution >= 0.6 is 11.3 Å². The number of thiazole rings is 1. The molecule has 1 aliphatic heterocycles. The predicted octanol–water partition coefficient (Wildman–Crippen LogP) is 2.03. The molecule has 3 aromatic heterocycles. The van der Waals surface area contributed by atoms with Crippen molar-refractivity contribution >= 4 is 17.2 Å². The van der Waals surface area contributed by atoms with Gasteiger partial charge in [-0.25, -0.2) is 9.97 Å². The maximum atomic E-state index is 12.3. The maximum Gasteiger partial charge on any atom is 0.273 e. The number of amides is 1. The number of rotatable bonds is 4. The van der Waals surface area contributed by atoms with Crippen molar-refractivity contribution in [2.75, 3.05) is 13.1 Å². The van der Waals surface area contributed by atoms with E-state index in [4.69, 9.17) is 0 Å². The fraction of sp³-hybridized carbons (Fsp3) is 0.312. The van der Waals surface area contributed by atoms with Crippen molar-refractivity contribution in [3.05, 3.63) is 46.9 Å². The number of pyridine rings is 1. The first-order valence-corrected chi connectivity index (χ1v) is 8.73. The van der Waals surface area contributed by atoms with Crippen LogP contribution in [0.25, 0.3) is 11.4 Å². The summed E-state index contributed by atoms with van der Waals surface area (Å²) in [6.45, 7) is 1.50. The molecule has 4 rings (SSSR count). The van der Waals surface area contributed by atoms with Crippen LogP contribution in [0, 0.1) is 5.92 Å². The van der Waals surface area contributed by atoms with E-state index in [9.17, 15) is 4.79 Å². The van der Waals surface area contributed by atoms with Crippen molar-refractivity contribution in [1.82, 2.24) is 30.0 Å². The molecule has 0 aromatic carbocycles. The average molecular weight is 340 g/mol. The second kappa shape index (κ2) is 6.48. The normalized spacial score (nSPS) is 17.3. The summed E-state index contributed by atoms with van der Waals surface area (Å²) in [6.07, 6.45) is 5.23. The second-order valence-electron chi connectivity index (χ2n) is 5.83. The monoisotopic (exact) mass is 340 g/mol. The van der Waals surface area contributed by atoms with Crippen molar-refractivity contribution in [2.45, 2.75) is 12.8 Å². The van der Waals surface area contributed by atoms with E-state index in [1.807, 2.05) is 17.0 Å². The minimum atomic E-state index is 0.0207. The topological polar surface area (TPSA) is 87.7 Å². The summed E-state index contributed by atoms with van der Waals surface area (Å²) in [5, 5.41) is 9.06. The smallest absolute Gasteiger partial charge is 0.273 e. The highest BCUT2D eigenvalue weighted by Crippen LogP contribution is 2.22. The van der Waals surface area contributed by atoms with Crippen LogP contribution < -0.4 is 0 Å². The van der Waals surface area contributed by atoms with Gasteiger partial charge in [0.15, 0.2) is 5.82 Å². The first-order valence-electron chi connectivity index (χ1n) is 7.79. The lowest BCUT2D eigenvalue weighted by Crippen LogP contribution is -2.29. The van der Waals surface area contributed by atoms with Crippen LogP contribution in [0.1, 0.15) is 22.7 Å². The predicted molar refractivity (Wildman–Crippen MR) is 89.4 cm³/mol. The number of carbonyl (C=O) groups is 1. The number of carbonyl (C=O) groups excluding carboxylic acids is 1. The molecule has 0 aliphatic carbocycles. The molecule has 1 amide bonds. The SMILES string of the molecule is O=C(c1cscn1)N1CCC(Cc2nc(-c3cccnc3)n[nH]2)C1. The lowest BCUT2D eigenvalue weighted by molar-refractivity contribution is 0.0782. The highest BCUT2D eigenvalue weighted by atomic mass is 32.1. The fourth-order valence-corrected chi connectivity index (χ4v) is 3.47. The van der Waals surface area contributed by atoms with Gasteiger partial charge in [0.2, 0.25) is 0 Å². The van der Waals surface area contributed by atoms with Crippen LogP contribution in [0.2, 0.25) is 0 Å². The Balaban J connectivity index is 1.39. The molecule has 3 aromatic rings. The Labute approximate surface area is 142 Å². The third-order valence-electron chi connectivity index (χ3n) is 4.16. The number of aromatic amines is 1. The summed E-state index contributed by atoms with van der Waals surface area (Å²) in [4.78, 5) is 26.9. The van der Waals surface area contributed by atoms with Crippen molar-refractivity contribution < 1.29 is 4.79 Å². The van der Waals surface area contributed by atoms with E-state index in [2.05, 4.69) is 25.1 Å². The third kappa shape index (κ3) is 3.05. The molecule has 1 unspecified atom stereocenters. The lowest BCUT2D eigenvalue weighted by atomic mass is 10.1. The summed E-state index contributed by atoms with van der Waals surface area (Å²) in [6, 6.07) is 3.80. The van der Waals surface area contributed by atoms with E-state index in [-0.39, 0.29) is 5.91 Å². The molecule has 1 saturated heterocycles. The van der Waals surface area contributed by atoms with Gasteiger partial charge in [-0.15, -0.1) is 11.3 Å². The molecule has 0 spiro atoms. The van der Waals surface area contributed by atoms with E-state index >= 15 is 0 Å². The van der Waals surface area contributed by atoms with Gasteiger partial charge in [0.1, 0.15) is 11.5 Å². The van der Waals surface area contributed by atoms with E-state index in [1.165, 1.54) is 11.3 Å². The second-order valence-corrected chi connectivity index (χ2v) is 6.55. The average Bonchev–Trinajstić information content (AvgIpc) is 3.37. The number of nitrogens with one attached hydrogen (secondary N) is 1. The zero-order valence-corrected chi connectivity index (χ0v) is 13.7. The summed E-state index contributed by atoms with van der Waals surface area (Å²) in [7, 11) is 0. The van der Waals surface area contributed by atoms with Gasteiger partial charge in [0, 0.05) is 42.8 Å². The molecule has 1 N–H and O–H groups in total. The Morgan fingerprint density at radius 2 is 2.42 bits per heavy atom. The van der Waals surface area contributed by atoms with Crippen molar-refractivity contribution in [2.24, 2.45) is 5.92 Å². The van der Waals surface area contributed by atoms with E-state index in [0.717, 1.165) is 37.3 Å². The molecule has 1 aliphatic rings. The Morgan fingerprint density at radius 1 is 1.46 bits per heavy atom. The third-order valence-corrected chi connectivity index (χ3v) is 4.74. The van der Waals surface area contributed by atoms with Gasteiger partial charge in [0.25, 0.3) is 5.91 Å². The Morgan fingerprint density at radius 3 is 3.21 bits per heavy atom. The van der Waals surface area contributed by atoms with Gasteiger partial charge in [-0.2, -0.15) is 5.10 Å². The number of likely N-dealkylation sites (tertiary alicyclic amines) is 1. The molecule has 122 valence electrons. The maximum absolute atomic E-state index is 12.3. The fourth-order valence-electron chi connectivity index (χ4n) is 2.95. The Hall–Kier alpha value is -2.61. The molecular formula is C16H16N6OS. The zero-order chi connectivity index (χ0) is 16.4. The van der Waals surface area contributed by atoms with Crippen molar-refractivity contribution in [3.8, 4) is 11.4 Å². The molecule has 1 fully saturated rings. The molecule has 0 radical (unpaired) electrons. The van der Waals surface area contributed by atoms with Gasteiger partial charge < -0.3 is 4.90 Å². The summed E-state index contributed by atoms with van der Waals surface area (Å²) in [5.74, 6) is 1.92. The Kier molecular flexibility index (Phi) is 4.04. The van der Waals surface area contributed by atoms with Crippen LogP contribution in [-0.4, -0.2) is 49.0 Å². The van der Waals surface area contributed by atoms with Gasteiger partial charge >= 0.3 is 0 Å². The quantitative estimate of drug-likeness (QED) is 0.785. The highest BCUT2D eigenvalue weighted by molar-refractivity contribution is 7.07. The number of nitrogens with zero attached hydrogens (tertiary/aromatic N) is 5. The van der Waals surface area contributed by atoms with E-state index < -0.39 is 0 Å². The summed E-state index contributed by atoms with van der Waals surface area (Å²) in [5.41, 5.74) is 3.13. The van der Waals surface area contributed by atoms with Gasteiger partial charge in [-0.1, -0.05) is 0 Å². The van der Waals surface area contributed by atoms with Crippen molar-refractivity contribution in [3.63, 3.8) is 0 Å². The molecule has 24 heavy (non-hydrogen) atoms. The molecule has 0 saturated carbocycles. The highest BCUT2D eigenvalue weighted by Gasteiger charge is 2.28. The molecule has 0 bridgehead atoms. The first kappa shape index (κ1) is 14.9. The van der Waals surface area contributed by atoms with Crippen LogP contribution in [-0.2, 0) is 6.42 Å². The molecule has 8 heteroatoms. The van der Waals surface area contributed by atoms with Gasteiger partial charge in [-0.3, -0.25) is 14.9 Å². The van der Waals surface area contributed by atoms with Gasteiger partial charge in [-0.05, 0) is 24.5 Å². The number of aromatic nitrogens is 5. The molecular weight excluding hydrogens is 324 g/mol. The standard InChI is InChI=1S/C16H16N6OS/c23-16(13-9-24-10-18-13)22-5-3-11(8-22)6-14-19-15(21-20-14)12-2-1-4-17-7-12/h1-2,4,7,9-11H,3,5-6,8H2,(H,19,20,21). The van der Waals surface area contributed by atoms with Crippen molar-refractivity contribution in [1.29, 1.82) is 0 Å². The zero-order valence-electron chi connectivity index (χ0n) is 12.9. The van der Waals surface area contributed by atoms with Crippen LogP contribution in [0.5, 0.6) is 0 Å². The first-order chi connectivity index (χ1) is 11.8. The number of hydrogen-bond acceptors (Lipinski definition) is 6.